The van der Waals surface area contributed by atoms with Gasteiger partial charge in [0, 0.05) is 25.2 Å². The highest BCUT2D eigenvalue weighted by Gasteiger charge is 2.26. The number of nitrogens with zero attached hydrogens (tertiary/aromatic N) is 1. The van der Waals surface area contributed by atoms with E-state index in [0.29, 0.717) is 6.04 Å². The van der Waals surface area contributed by atoms with Gasteiger partial charge in [-0.3, -0.25) is 4.90 Å². The van der Waals surface area contributed by atoms with E-state index >= 15 is 0 Å². The number of hydrogen-bond donors (Lipinski definition) is 1. The Labute approximate surface area is 130 Å². The Bertz CT molecular complexity index is 388. The van der Waals surface area contributed by atoms with E-state index in [4.69, 9.17) is 0 Å². The lowest BCUT2D eigenvalue weighted by Gasteiger charge is -2.40. The van der Waals surface area contributed by atoms with Crippen molar-refractivity contribution in [2.75, 3.05) is 19.6 Å². The first-order valence-corrected chi connectivity index (χ1v) is 8.70. The monoisotopic (exact) mass is 288 g/mol. The van der Waals surface area contributed by atoms with Crippen molar-refractivity contribution in [2.24, 2.45) is 5.92 Å². The van der Waals surface area contributed by atoms with E-state index in [9.17, 15) is 0 Å². The van der Waals surface area contributed by atoms with Crippen molar-refractivity contribution in [1.29, 1.82) is 0 Å². The van der Waals surface area contributed by atoms with Gasteiger partial charge in [-0.05, 0) is 43.7 Å². The van der Waals surface area contributed by atoms with Crippen LogP contribution < -0.4 is 5.32 Å². The van der Waals surface area contributed by atoms with Gasteiger partial charge in [0.15, 0.2) is 0 Å². The molecule has 0 spiro atoms. The molecule has 2 heteroatoms. The van der Waals surface area contributed by atoms with Crippen molar-refractivity contribution in [2.45, 2.75) is 58.5 Å². The van der Waals surface area contributed by atoms with E-state index in [-0.39, 0.29) is 0 Å². The van der Waals surface area contributed by atoms with Crippen molar-refractivity contribution in [3.63, 3.8) is 0 Å². The molecule has 0 bridgehead atoms. The third kappa shape index (κ3) is 5.44. The SMILES string of the molecule is CCC1CNC(Cc2ccccc2)CN1CCCC(C)C. The number of hydrogen-bond acceptors (Lipinski definition) is 2. The molecule has 1 aromatic carbocycles. The van der Waals surface area contributed by atoms with Gasteiger partial charge in [-0.2, -0.15) is 0 Å². The van der Waals surface area contributed by atoms with Crippen LogP contribution in [0.3, 0.4) is 0 Å². The maximum Gasteiger partial charge on any atom is 0.0236 e. The summed E-state index contributed by atoms with van der Waals surface area (Å²) in [7, 11) is 0. The van der Waals surface area contributed by atoms with Crippen molar-refractivity contribution in [3.05, 3.63) is 35.9 Å². The lowest BCUT2D eigenvalue weighted by Crippen LogP contribution is -2.57. The Balaban J connectivity index is 1.85. The molecule has 0 aromatic heterocycles. The highest BCUT2D eigenvalue weighted by atomic mass is 15.2. The van der Waals surface area contributed by atoms with Crippen LogP contribution in [0.15, 0.2) is 30.3 Å². The maximum absolute atomic E-state index is 3.76. The maximum atomic E-state index is 3.76. The standard InChI is InChI=1S/C19H32N2/c1-4-19-14-20-18(13-17-10-6-5-7-11-17)15-21(19)12-8-9-16(2)3/h5-7,10-11,16,18-20H,4,8-9,12-15H2,1-3H3. The molecular formula is C19H32N2. The van der Waals surface area contributed by atoms with Crippen LogP contribution in [0.5, 0.6) is 0 Å². The second kappa shape index (κ2) is 8.55. The minimum absolute atomic E-state index is 0.606. The smallest absolute Gasteiger partial charge is 0.0236 e. The average molecular weight is 288 g/mol. The molecule has 0 radical (unpaired) electrons. The summed E-state index contributed by atoms with van der Waals surface area (Å²) in [5.74, 6) is 0.827. The minimum atomic E-state index is 0.606. The van der Waals surface area contributed by atoms with Crippen molar-refractivity contribution >= 4 is 0 Å². The Hall–Kier alpha value is -0.860. The van der Waals surface area contributed by atoms with E-state index < -0.39 is 0 Å². The lowest BCUT2D eigenvalue weighted by molar-refractivity contribution is 0.123. The molecule has 1 heterocycles. The van der Waals surface area contributed by atoms with Gasteiger partial charge in [0.25, 0.3) is 0 Å². The van der Waals surface area contributed by atoms with E-state index in [1.165, 1.54) is 37.9 Å². The fraction of sp³-hybridized carbons (Fsp3) is 0.684. The first kappa shape index (κ1) is 16.5. The number of nitrogens with one attached hydrogen (secondary N) is 1. The largest absolute Gasteiger partial charge is 0.311 e. The van der Waals surface area contributed by atoms with E-state index in [0.717, 1.165) is 24.9 Å². The fourth-order valence-corrected chi connectivity index (χ4v) is 3.34. The zero-order valence-corrected chi connectivity index (χ0v) is 14.0. The van der Waals surface area contributed by atoms with E-state index in [1.54, 1.807) is 0 Å². The summed E-state index contributed by atoms with van der Waals surface area (Å²) in [6.45, 7) is 10.6. The number of piperazine rings is 1. The highest BCUT2D eigenvalue weighted by molar-refractivity contribution is 5.16. The van der Waals surface area contributed by atoms with Crippen LogP contribution in [-0.4, -0.2) is 36.6 Å². The average Bonchev–Trinajstić information content (AvgIpc) is 2.48. The van der Waals surface area contributed by atoms with Gasteiger partial charge in [-0.15, -0.1) is 0 Å². The van der Waals surface area contributed by atoms with Crippen LogP contribution >= 0.6 is 0 Å². The van der Waals surface area contributed by atoms with Gasteiger partial charge in [0.2, 0.25) is 0 Å². The van der Waals surface area contributed by atoms with Crippen LogP contribution in [0.1, 0.15) is 45.6 Å². The number of benzene rings is 1. The topological polar surface area (TPSA) is 15.3 Å². The second-order valence-corrected chi connectivity index (χ2v) is 6.89. The van der Waals surface area contributed by atoms with Crippen LogP contribution in [0.25, 0.3) is 0 Å². The van der Waals surface area contributed by atoms with E-state index in [2.05, 4.69) is 61.3 Å². The van der Waals surface area contributed by atoms with Gasteiger partial charge in [-0.25, -0.2) is 0 Å². The molecule has 1 aliphatic rings. The third-order valence-corrected chi connectivity index (χ3v) is 4.64. The Morgan fingerprint density at radius 2 is 2.00 bits per heavy atom. The summed E-state index contributed by atoms with van der Waals surface area (Å²) >= 11 is 0. The molecule has 0 aliphatic carbocycles. The highest BCUT2D eigenvalue weighted by Crippen LogP contribution is 2.15. The third-order valence-electron chi connectivity index (χ3n) is 4.64. The van der Waals surface area contributed by atoms with Crippen LogP contribution in [0.4, 0.5) is 0 Å². The zero-order chi connectivity index (χ0) is 15.1. The molecular weight excluding hydrogens is 256 g/mol. The molecule has 21 heavy (non-hydrogen) atoms. The molecule has 1 aromatic rings. The second-order valence-electron chi connectivity index (χ2n) is 6.89. The van der Waals surface area contributed by atoms with Crippen molar-refractivity contribution < 1.29 is 0 Å². The van der Waals surface area contributed by atoms with Crippen LogP contribution in [-0.2, 0) is 6.42 Å². The van der Waals surface area contributed by atoms with Gasteiger partial charge in [0.05, 0.1) is 0 Å². The molecule has 0 amide bonds. The Kier molecular flexibility index (Phi) is 6.72. The summed E-state index contributed by atoms with van der Waals surface area (Å²) in [5.41, 5.74) is 1.45. The van der Waals surface area contributed by atoms with Gasteiger partial charge < -0.3 is 5.32 Å². The first-order chi connectivity index (χ1) is 10.2. The minimum Gasteiger partial charge on any atom is -0.311 e. The molecule has 1 saturated heterocycles. The summed E-state index contributed by atoms with van der Waals surface area (Å²) in [4.78, 5) is 2.73. The van der Waals surface area contributed by atoms with Crippen LogP contribution in [0.2, 0.25) is 0 Å². The molecule has 2 nitrogen and oxygen atoms in total. The summed E-state index contributed by atoms with van der Waals surface area (Å²) in [6, 6.07) is 12.2. The first-order valence-electron chi connectivity index (χ1n) is 8.70. The Morgan fingerprint density at radius 1 is 1.24 bits per heavy atom. The molecule has 2 rings (SSSR count). The lowest BCUT2D eigenvalue weighted by atomic mass is 9.99. The van der Waals surface area contributed by atoms with Crippen LogP contribution in [0, 0.1) is 5.92 Å². The van der Waals surface area contributed by atoms with E-state index in [1.807, 2.05) is 0 Å². The predicted molar refractivity (Wildman–Crippen MR) is 91.7 cm³/mol. The quantitative estimate of drug-likeness (QED) is 0.822. The van der Waals surface area contributed by atoms with Gasteiger partial charge in [0.1, 0.15) is 0 Å². The van der Waals surface area contributed by atoms with Crippen molar-refractivity contribution in [3.8, 4) is 0 Å². The zero-order valence-electron chi connectivity index (χ0n) is 14.0. The summed E-state index contributed by atoms with van der Waals surface area (Å²) < 4.78 is 0. The summed E-state index contributed by atoms with van der Waals surface area (Å²) in [6.07, 6.45) is 5.10. The van der Waals surface area contributed by atoms with Gasteiger partial charge in [-0.1, -0.05) is 51.1 Å². The molecule has 1 aliphatic heterocycles. The molecule has 1 N–H and O–H groups in total. The molecule has 0 saturated carbocycles. The Morgan fingerprint density at radius 3 is 2.67 bits per heavy atom. The van der Waals surface area contributed by atoms with Crippen molar-refractivity contribution in [1.82, 2.24) is 10.2 Å². The molecule has 2 atom stereocenters. The fourth-order valence-electron chi connectivity index (χ4n) is 3.34. The summed E-state index contributed by atoms with van der Waals surface area (Å²) in [5, 5.41) is 3.76. The predicted octanol–water partition coefficient (Wildman–Crippen LogP) is 3.72. The number of rotatable bonds is 7. The molecule has 2 unspecified atom stereocenters. The van der Waals surface area contributed by atoms with Gasteiger partial charge >= 0.3 is 0 Å². The molecule has 118 valence electrons. The normalized spacial score (nSPS) is 23.6. The molecule has 1 fully saturated rings.